The van der Waals surface area contributed by atoms with Gasteiger partial charge >= 0.3 is 0 Å². The first-order chi connectivity index (χ1) is 11.8. The summed E-state index contributed by atoms with van der Waals surface area (Å²) in [5.41, 5.74) is 2.16. The highest BCUT2D eigenvalue weighted by Gasteiger charge is 2.30. The molecule has 6 nitrogen and oxygen atoms in total. The van der Waals surface area contributed by atoms with Crippen LogP contribution in [-0.4, -0.2) is 44.7 Å². The largest absolute Gasteiger partial charge is 0.353 e. The highest BCUT2D eigenvalue weighted by Crippen LogP contribution is 2.24. The summed E-state index contributed by atoms with van der Waals surface area (Å²) < 4.78 is 2.02. The van der Waals surface area contributed by atoms with Crippen molar-refractivity contribution in [2.45, 2.75) is 38.4 Å². The monoisotopic (exact) mass is 325 g/mol. The van der Waals surface area contributed by atoms with E-state index in [4.69, 9.17) is 0 Å². The first kappa shape index (κ1) is 15.3. The SMILES string of the molecule is O=C(NC1CC1)C1CCN(Cn2nccc2-c2cccnc2)CC1. The Morgan fingerprint density at radius 2 is 2.00 bits per heavy atom. The predicted octanol–water partition coefficient (Wildman–Crippen LogP) is 1.89. The van der Waals surface area contributed by atoms with E-state index in [0.717, 1.165) is 56.7 Å². The van der Waals surface area contributed by atoms with Gasteiger partial charge < -0.3 is 5.32 Å². The van der Waals surface area contributed by atoms with Crippen molar-refractivity contribution in [3.8, 4) is 11.3 Å². The van der Waals surface area contributed by atoms with Gasteiger partial charge in [-0.25, -0.2) is 0 Å². The number of amides is 1. The van der Waals surface area contributed by atoms with E-state index in [9.17, 15) is 4.79 Å². The van der Waals surface area contributed by atoms with Crippen molar-refractivity contribution in [1.82, 2.24) is 25.0 Å². The van der Waals surface area contributed by atoms with Gasteiger partial charge in [0.05, 0.1) is 12.4 Å². The Hall–Kier alpha value is -2.21. The van der Waals surface area contributed by atoms with E-state index in [1.165, 1.54) is 0 Å². The van der Waals surface area contributed by atoms with E-state index in [0.29, 0.717) is 6.04 Å². The summed E-state index contributed by atoms with van der Waals surface area (Å²) in [5.74, 6) is 0.435. The summed E-state index contributed by atoms with van der Waals surface area (Å²) in [4.78, 5) is 18.7. The molecule has 1 aliphatic heterocycles. The van der Waals surface area contributed by atoms with Gasteiger partial charge in [0, 0.05) is 49.2 Å². The van der Waals surface area contributed by atoms with Gasteiger partial charge in [-0.15, -0.1) is 0 Å². The number of aromatic nitrogens is 3. The number of pyridine rings is 1. The van der Waals surface area contributed by atoms with Crippen molar-refractivity contribution in [2.75, 3.05) is 13.1 Å². The highest BCUT2D eigenvalue weighted by molar-refractivity contribution is 5.79. The minimum absolute atomic E-state index is 0.178. The summed E-state index contributed by atoms with van der Waals surface area (Å²) in [7, 11) is 0. The van der Waals surface area contributed by atoms with Gasteiger partial charge in [0.15, 0.2) is 0 Å². The van der Waals surface area contributed by atoms with Crippen LogP contribution < -0.4 is 5.32 Å². The minimum atomic E-state index is 0.178. The van der Waals surface area contributed by atoms with Gasteiger partial charge in [-0.05, 0) is 43.9 Å². The van der Waals surface area contributed by atoms with Crippen molar-refractivity contribution in [3.63, 3.8) is 0 Å². The summed E-state index contributed by atoms with van der Waals surface area (Å²) in [6, 6.07) is 6.47. The van der Waals surface area contributed by atoms with Crippen molar-refractivity contribution >= 4 is 5.91 Å². The number of nitrogens with zero attached hydrogens (tertiary/aromatic N) is 4. The summed E-state index contributed by atoms with van der Waals surface area (Å²) in [6.45, 7) is 2.64. The van der Waals surface area contributed by atoms with Crippen LogP contribution in [0.15, 0.2) is 36.8 Å². The average molecular weight is 325 g/mol. The van der Waals surface area contributed by atoms with E-state index in [1.54, 1.807) is 6.20 Å². The molecule has 0 atom stereocenters. The maximum absolute atomic E-state index is 12.2. The van der Waals surface area contributed by atoms with Crippen LogP contribution in [0.3, 0.4) is 0 Å². The molecule has 4 rings (SSSR count). The van der Waals surface area contributed by atoms with Gasteiger partial charge in [0.1, 0.15) is 0 Å². The average Bonchev–Trinajstić information content (AvgIpc) is 3.32. The third kappa shape index (κ3) is 3.48. The molecule has 0 bridgehead atoms. The maximum atomic E-state index is 12.2. The van der Waals surface area contributed by atoms with Gasteiger partial charge in [0.25, 0.3) is 0 Å². The second kappa shape index (κ2) is 6.73. The molecule has 2 fully saturated rings. The minimum Gasteiger partial charge on any atom is -0.353 e. The highest BCUT2D eigenvalue weighted by atomic mass is 16.2. The molecule has 1 saturated carbocycles. The summed E-state index contributed by atoms with van der Waals surface area (Å²) in [6.07, 6.45) is 9.65. The number of rotatable bonds is 5. The molecule has 2 aromatic rings. The number of piperidine rings is 1. The van der Waals surface area contributed by atoms with Crippen LogP contribution in [0.5, 0.6) is 0 Å². The molecule has 126 valence electrons. The number of carbonyl (C=O) groups is 1. The maximum Gasteiger partial charge on any atom is 0.223 e. The zero-order chi connectivity index (χ0) is 16.4. The summed E-state index contributed by atoms with van der Waals surface area (Å²) in [5, 5.41) is 7.59. The molecule has 1 amide bonds. The molecule has 1 saturated heterocycles. The fraction of sp³-hybridized carbons (Fsp3) is 0.500. The Morgan fingerprint density at radius 3 is 2.71 bits per heavy atom. The van der Waals surface area contributed by atoms with E-state index in [1.807, 2.05) is 29.2 Å². The van der Waals surface area contributed by atoms with Gasteiger partial charge in [-0.1, -0.05) is 0 Å². The number of hydrogen-bond donors (Lipinski definition) is 1. The van der Waals surface area contributed by atoms with Gasteiger partial charge in [0.2, 0.25) is 5.91 Å². The van der Waals surface area contributed by atoms with E-state index < -0.39 is 0 Å². The predicted molar refractivity (Wildman–Crippen MR) is 90.9 cm³/mol. The molecule has 0 radical (unpaired) electrons. The van der Waals surface area contributed by atoms with Crippen LogP contribution in [0, 0.1) is 5.92 Å². The Kier molecular flexibility index (Phi) is 4.30. The van der Waals surface area contributed by atoms with Crippen LogP contribution in [0.25, 0.3) is 11.3 Å². The second-order valence-electron chi connectivity index (χ2n) is 6.77. The normalized spacial score (nSPS) is 19.3. The van der Waals surface area contributed by atoms with Crippen molar-refractivity contribution in [3.05, 3.63) is 36.8 Å². The lowest BCUT2D eigenvalue weighted by Gasteiger charge is -2.31. The molecule has 1 N–H and O–H groups in total. The molecular formula is C18H23N5O. The van der Waals surface area contributed by atoms with Crippen molar-refractivity contribution in [1.29, 1.82) is 0 Å². The van der Waals surface area contributed by atoms with Crippen LogP contribution in [0.2, 0.25) is 0 Å². The molecule has 0 aromatic carbocycles. The molecule has 0 unspecified atom stereocenters. The van der Waals surface area contributed by atoms with Crippen LogP contribution >= 0.6 is 0 Å². The van der Waals surface area contributed by atoms with E-state index in [-0.39, 0.29) is 11.8 Å². The zero-order valence-corrected chi connectivity index (χ0v) is 13.8. The Bertz CT molecular complexity index is 686. The van der Waals surface area contributed by atoms with Gasteiger partial charge in [-0.3, -0.25) is 19.4 Å². The molecule has 0 spiro atoms. The van der Waals surface area contributed by atoms with E-state index in [2.05, 4.69) is 26.4 Å². The molecule has 24 heavy (non-hydrogen) atoms. The van der Waals surface area contributed by atoms with Crippen molar-refractivity contribution in [2.24, 2.45) is 5.92 Å². The quantitative estimate of drug-likeness (QED) is 0.912. The fourth-order valence-electron chi connectivity index (χ4n) is 3.28. The van der Waals surface area contributed by atoms with Gasteiger partial charge in [-0.2, -0.15) is 5.10 Å². The lowest BCUT2D eigenvalue weighted by Crippen LogP contribution is -2.41. The van der Waals surface area contributed by atoms with E-state index >= 15 is 0 Å². The second-order valence-corrected chi connectivity index (χ2v) is 6.77. The lowest BCUT2D eigenvalue weighted by atomic mass is 9.96. The molecule has 2 aromatic heterocycles. The molecule has 2 aliphatic rings. The Morgan fingerprint density at radius 1 is 1.17 bits per heavy atom. The number of carbonyl (C=O) groups excluding carboxylic acids is 1. The molecule has 3 heterocycles. The van der Waals surface area contributed by atoms with Crippen LogP contribution in [0.1, 0.15) is 25.7 Å². The first-order valence-electron chi connectivity index (χ1n) is 8.74. The fourth-order valence-corrected chi connectivity index (χ4v) is 3.28. The van der Waals surface area contributed by atoms with Crippen molar-refractivity contribution < 1.29 is 4.79 Å². The Balaban J connectivity index is 1.34. The van der Waals surface area contributed by atoms with Crippen LogP contribution in [0.4, 0.5) is 0 Å². The summed E-state index contributed by atoms with van der Waals surface area (Å²) >= 11 is 0. The zero-order valence-electron chi connectivity index (χ0n) is 13.8. The number of likely N-dealkylation sites (tertiary alicyclic amines) is 1. The number of hydrogen-bond acceptors (Lipinski definition) is 4. The Labute approximate surface area is 141 Å². The third-order valence-corrected chi connectivity index (χ3v) is 4.89. The smallest absolute Gasteiger partial charge is 0.223 e. The molecular weight excluding hydrogens is 302 g/mol. The third-order valence-electron chi connectivity index (χ3n) is 4.89. The number of nitrogens with one attached hydrogen (secondary N) is 1. The topological polar surface area (TPSA) is 63.1 Å². The first-order valence-corrected chi connectivity index (χ1v) is 8.74. The lowest BCUT2D eigenvalue weighted by molar-refractivity contribution is -0.126. The molecule has 6 heteroatoms. The van der Waals surface area contributed by atoms with Crippen LogP contribution in [-0.2, 0) is 11.5 Å². The standard InChI is InChI=1S/C18H23N5O/c24-18(21-16-3-4-16)14-6-10-22(11-7-14)13-23-17(5-9-20-23)15-2-1-8-19-12-15/h1-2,5,8-9,12,14,16H,3-4,6-7,10-11,13H2,(H,21,24). The molecule has 1 aliphatic carbocycles.